The van der Waals surface area contributed by atoms with Gasteiger partial charge in [0.05, 0.1) is 11.9 Å². The van der Waals surface area contributed by atoms with Crippen LogP contribution in [0.15, 0.2) is 59.8 Å². The molecule has 0 aromatic carbocycles. The molecule has 0 saturated carbocycles. The number of carbonyl (C=O) groups is 2. The number of hydrogen-bond donors (Lipinski definition) is 3. The molecule has 36 heavy (non-hydrogen) atoms. The van der Waals surface area contributed by atoms with Gasteiger partial charge in [0, 0.05) is 39.1 Å². The van der Waals surface area contributed by atoms with Crippen molar-refractivity contribution in [3.8, 4) is 5.82 Å². The normalized spacial score (nSPS) is 15.7. The molecule has 5 heterocycles. The number of piperidine rings is 1. The lowest BCUT2D eigenvalue weighted by molar-refractivity contribution is -0.134. The first-order chi connectivity index (χ1) is 17.5. The summed E-state index contributed by atoms with van der Waals surface area (Å²) in [6.45, 7) is 0.671. The van der Waals surface area contributed by atoms with Crippen molar-refractivity contribution in [2.45, 2.75) is 18.9 Å². The summed E-state index contributed by atoms with van der Waals surface area (Å²) in [5, 5.41) is 13.4. The number of rotatable bonds is 6. The lowest BCUT2D eigenvalue weighted by Crippen LogP contribution is -2.51. The number of hydrogen-bond acceptors (Lipinski definition) is 8. The van der Waals surface area contributed by atoms with Crippen LogP contribution < -0.4 is 21.5 Å². The molecule has 12 nitrogen and oxygen atoms in total. The molecule has 1 aliphatic heterocycles. The quantitative estimate of drug-likeness (QED) is 0.371. The highest BCUT2D eigenvalue weighted by Crippen LogP contribution is 2.22. The van der Waals surface area contributed by atoms with Gasteiger partial charge in [-0.3, -0.25) is 19.0 Å². The second kappa shape index (κ2) is 9.49. The van der Waals surface area contributed by atoms with Gasteiger partial charge in [-0.05, 0) is 37.1 Å². The molecule has 1 unspecified atom stereocenters. The maximum Gasteiger partial charge on any atom is 0.279 e. The number of nitrogens with one attached hydrogen (secondary N) is 3. The molecule has 1 saturated heterocycles. The molecule has 0 spiro atoms. The molecule has 4 aromatic rings. The van der Waals surface area contributed by atoms with Crippen LogP contribution in [0.2, 0.25) is 0 Å². The average molecular weight is 488 g/mol. The zero-order valence-corrected chi connectivity index (χ0v) is 19.8. The Morgan fingerprint density at radius 3 is 2.75 bits per heavy atom. The highest BCUT2D eigenvalue weighted by atomic mass is 16.2. The van der Waals surface area contributed by atoms with E-state index >= 15 is 0 Å². The Labute approximate surface area is 206 Å². The summed E-state index contributed by atoms with van der Waals surface area (Å²) in [5.74, 6) is 0.230. The van der Waals surface area contributed by atoms with Gasteiger partial charge in [-0.1, -0.05) is 6.07 Å². The van der Waals surface area contributed by atoms with Crippen LogP contribution in [-0.2, 0) is 4.79 Å². The zero-order valence-electron chi connectivity index (χ0n) is 19.8. The minimum Gasteiger partial charge on any atom is -0.385 e. The van der Waals surface area contributed by atoms with E-state index in [-0.39, 0.29) is 22.8 Å². The van der Waals surface area contributed by atoms with Crippen molar-refractivity contribution in [2.75, 3.05) is 31.3 Å². The Morgan fingerprint density at radius 1 is 1.11 bits per heavy atom. The fraction of sp³-hybridized carbons (Fsp3) is 0.250. The molecule has 4 aromatic heterocycles. The number of imidazole rings is 1. The molecule has 184 valence electrons. The van der Waals surface area contributed by atoms with Gasteiger partial charge in [0.15, 0.2) is 17.2 Å². The van der Waals surface area contributed by atoms with Crippen molar-refractivity contribution in [1.82, 2.24) is 34.4 Å². The fourth-order valence-electron chi connectivity index (χ4n) is 4.17. The summed E-state index contributed by atoms with van der Waals surface area (Å²) in [6, 6.07) is 9.77. The third-order valence-corrected chi connectivity index (χ3v) is 6.04. The van der Waals surface area contributed by atoms with Gasteiger partial charge < -0.3 is 20.9 Å². The monoisotopic (exact) mass is 487 g/mol. The van der Waals surface area contributed by atoms with Crippen LogP contribution in [0.1, 0.15) is 23.3 Å². The number of likely N-dealkylation sites (tertiary alicyclic amines) is 1. The topological polar surface area (TPSA) is 139 Å². The first kappa shape index (κ1) is 23.0. The van der Waals surface area contributed by atoms with Gasteiger partial charge in [0.2, 0.25) is 5.91 Å². The minimum atomic E-state index is -0.596. The standard InChI is InChI=1S/C24H25N9O3/c1-25-17-13-19(28-16-8-6-12-32(24(16)36)20-9-3-4-10-26-20)30-33-18(14-27-21(17)33)22(34)29-15-7-5-11-31(2)23(15)35/h3-4,6,8-10,12-15,25H,5,7,11H2,1-2H3,(H,28,30)(H,29,34). The molecule has 2 amide bonds. The van der Waals surface area contributed by atoms with E-state index in [0.29, 0.717) is 35.9 Å². The van der Waals surface area contributed by atoms with Crippen LogP contribution in [0.5, 0.6) is 0 Å². The van der Waals surface area contributed by atoms with Crippen LogP contribution in [0.25, 0.3) is 11.5 Å². The molecule has 0 aliphatic carbocycles. The van der Waals surface area contributed by atoms with Crippen LogP contribution in [-0.4, -0.2) is 67.5 Å². The lowest BCUT2D eigenvalue weighted by Gasteiger charge is -2.29. The van der Waals surface area contributed by atoms with E-state index in [1.165, 1.54) is 15.3 Å². The smallest absolute Gasteiger partial charge is 0.279 e. The SMILES string of the molecule is CNc1cc(Nc2cccn(-c3ccccn3)c2=O)nn2c(C(=O)NC3CCCN(C)C3=O)cnc12. The maximum atomic E-state index is 13.1. The number of carbonyl (C=O) groups excluding carboxylic acids is 2. The second-order valence-corrected chi connectivity index (χ2v) is 8.41. The van der Waals surface area contributed by atoms with Gasteiger partial charge in [-0.25, -0.2) is 14.5 Å². The molecule has 3 N–H and O–H groups in total. The van der Waals surface area contributed by atoms with Crippen molar-refractivity contribution < 1.29 is 9.59 Å². The first-order valence-corrected chi connectivity index (χ1v) is 11.5. The maximum absolute atomic E-state index is 13.1. The summed E-state index contributed by atoms with van der Waals surface area (Å²) >= 11 is 0. The number of pyridine rings is 2. The molecule has 5 rings (SSSR count). The lowest BCUT2D eigenvalue weighted by atomic mass is 10.1. The number of amides is 2. The number of aromatic nitrogens is 5. The van der Waals surface area contributed by atoms with E-state index in [2.05, 4.69) is 31.0 Å². The summed E-state index contributed by atoms with van der Waals surface area (Å²) in [5.41, 5.74) is 1.16. The van der Waals surface area contributed by atoms with Crippen LogP contribution in [0.4, 0.5) is 17.2 Å². The van der Waals surface area contributed by atoms with E-state index in [1.807, 2.05) is 0 Å². The van der Waals surface area contributed by atoms with Gasteiger partial charge >= 0.3 is 0 Å². The first-order valence-electron chi connectivity index (χ1n) is 11.5. The highest BCUT2D eigenvalue weighted by Gasteiger charge is 2.29. The Balaban J connectivity index is 1.48. The van der Waals surface area contributed by atoms with E-state index in [0.717, 1.165) is 6.42 Å². The van der Waals surface area contributed by atoms with Gasteiger partial charge in [-0.15, -0.1) is 5.10 Å². The van der Waals surface area contributed by atoms with Gasteiger partial charge in [-0.2, -0.15) is 0 Å². The third kappa shape index (κ3) is 4.24. The fourth-order valence-corrected chi connectivity index (χ4v) is 4.17. The average Bonchev–Trinajstić information content (AvgIpc) is 3.32. The highest BCUT2D eigenvalue weighted by molar-refractivity contribution is 5.97. The molecule has 1 aliphatic rings. The molecular weight excluding hydrogens is 462 g/mol. The summed E-state index contributed by atoms with van der Waals surface area (Å²) in [4.78, 5) is 48.8. The van der Waals surface area contributed by atoms with Crippen LogP contribution in [0.3, 0.4) is 0 Å². The number of nitrogens with zero attached hydrogens (tertiary/aromatic N) is 6. The Morgan fingerprint density at radius 2 is 1.97 bits per heavy atom. The van der Waals surface area contributed by atoms with Crippen molar-refractivity contribution in [3.05, 3.63) is 71.0 Å². The van der Waals surface area contributed by atoms with Crippen LogP contribution >= 0.6 is 0 Å². The number of likely N-dealkylation sites (N-methyl/N-ethyl adjacent to an activating group) is 1. The number of anilines is 3. The molecule has 1 fully saturated rings. The largest absolute Gasteiger partial charge is 0.385 e. The molecule has 12 heteroatoms. The summed E-state index contributed by atoms with van der Waals surface area (Å²) < 4.78 is 2.81. The van der Waals surface area contributed by atoms with Crippen molar-refractivity contribution in [1.29, 1.82) is 0 Å². The van der Waals surface area contributed by atoms with E-state index in [4.69, 9.17) is 0 Å². The minimum absolute atomic E-state index is 0.122. The molecule has 1 atom stereocenters. The predicted molar refractivity (Wildman–Crippen MR) is 134 cm³/mol. The van der Waals surface area contributed by atoms with Crippen molar-refractivity contribution >= 4 is 34.7 Å². The summed E-state index contributed by atoms with van der Waals surface area (Å²) in [6.07, 6.45) is 6.04. The zero-order chi connectivity index (χ0) is 25.2. The van der Waals surface area contributed by atoms with Gasteiger partial charge in [0.25, 0.3) is 11.5 Å². The van der Waals surface area contributed by atoms with Gasteiger partial charge in [0.1, 0.15) is 17.5 Å². The predicted octanol–water partition coefficient (Wildman–Crippen LogP) is 1.41. The molecule has 0 bridgehead atoms. The van der Waals surface area contributed by atoms with Crippen LogP contribution in [0, 0.1) is 0 Å². The van der Waals surface area contributed by atoms with E-state index in [1.54, 1.807) is 67.8 Å². The second-order valence-electron chi connectivity index (χ2n) is 8.41. The Bertz CT molecular complexity index is 1500. The Kier molecular flexibility index (Phi) is 6.07. The Hall–Kier alpha value is -4.74. The van der Waals surface area contributed by atoms with E-state index in [9.17, 15) is 14.4 Å². The van der Waals surface area contributed by atoms with E-state index < -0.39 is 11.9 Å². The van der Waals surface area contributed by atoms with Crippen molar-refractivity contribution in [2.24, 2.45) is 0 Å². The molecule has 0 radical (unpaired) electrons. The summed E-state index contributed by atoms with van der Waals surface area (Å²) in [7, 11) is 3.44. The van der Waals surface area contributed by atoms with Crippen molar-refractivity contribution in [3.63, 3.8) is 0 Å². The number of fused-ring (bicyclic) bond motifs is 1. The third-order valence-electron chi connectivity index (χ3n) is 6.04. The molecular formula is C24H25N9O3.